The van der Waals surface area contributed by atoms with Crippen LogP contribution in [-0.4, -0.2) is 21.6 Å². The van der Waals surface area contributed by atoms with Gasteiger partial charge in [0, 0.05) is 12.9 Å². The van der Waals surface area contributed by atoms with E-state index in [1.54, 1.807) is 6.92 Å². The van der Waals surface area contributed by atoms with Crippen molar-refractivity contribution in [1.82, 2.24) is 0 Å². The van der Waals surface area contributed by atoms with Gasteiger partial charge in [-0.3, -0.25) is 4.21 Å². The normalized spacial score (nSPS) is 16.2. The van der Waals surface area contributed by atoms with Gasteiger partial charge < -0.3 is 9.29 Å². The summed E-state index contributed by atoms with van der Waals surface area (Å²) in [5.74, 6) is -0.0342. The fourth-order valence-corrected chi connectivity index (χ4v) is 2.01. The van der Waals surface area contributed by atoms with Gasteiger partial charge in [0.15, 0.2) is 0 Å². The molecular weight excluding hydrogens is 223 g/mol. The van der Waals surface area contributed by atoms with Crippen LogP contribution in [0.2, 0.25) is 0 Å². The average Bonchev–Trinajstić information content (AvgIpc) is 2.18. The first-order chi connectivity index (χ1) is 6.58. The van der Waals surface area contributed by atoms with Crippen molar-refractivity contribution in [3.8, 4) is 0 Å². The maximum absolute atomic E-state index is 10.7. The van der Waals surface area contributed by atoms with E-state index in [1.807, 2.05) is 30.3 Å². The average molecular weight is 236 g/mol. The van der Waals surface area contributed by atoms with E-state index in [4.69, 9.17) is 4.74 Å². The summed E-state index contributed by atoms with van der Waals surface area (Å²) in [7, 11) is 1.51. The third kappa shape index (κ3) is 4.34. The van der Waals surface area contributed by atoms with Crippen molar-refractivity contribution >= 4 is 11.1 Å². The molecule has 0 saturated carbocycles. The Kier molecular flexibility index (Phi) is 6.91. The van der Waals surface area contributed by atoms with Crippen LogP contribution in [0.4, 0.5) is 0 Å². The van der Waals surface area contributed by atoms with E-state index in [2.05, 4.69) is 0 Å². The number of methoxy groups -OCH3 is 1. The van der Waals surface area contributed by atoms with Gasteiger partial charge in [-0.25, -0.2) is 0 Å². The van der Waals surface area contributed by atoms with Crippen LogP contribution in [0.3, 0.4) is 0 Å². The van der Waals surface area contributed by atoms with E-state index in [0.717, 1.165) is 5.56 Å². The summed E-state index contributed by atoms with van der Waals surface area (Å²) in [6, 6.07) is 9.32. The van der Waals surface area contributed by atoms with Crippen molar-refractivity contribution in [2.24, 2.45) is 0 Å². The smallest absolute Gasteiger partial charge is 0.772 e. The molecule has 2 atom stereocenters. The molecule has 0 radical (unpaired) electrons. The fraction of sp³-hybridized carbons (Fsp3) is 0.400. The van der Waals surface area contributed by atoms with Crippen molar-refractivity contribution < 1.29 is 43.1 Å². The van der Waals surface area contributed by atoms with Gasteiger partial charge in [-0.2, -0.15) is 0 Å². The summed E-state index contributed by atoms with van der Waals surface area (Å²) in [6.07, 6.45) is 0. The Bertz CT molecular complexity index is 318. The van der Waals surface area contributed by atoms with Crippen molar-refractivity contribution in [3.63, 3.8) is 0 Å². The van der Waals surface area contributed by atoms with Gasteiger partial charge in [-0.15, -0.1) is 0 Å². The molecule has 15 heavy (non-hydrogen) atoms. The van der Waals surface area contributed by atoms with Gasteiger partial charge in [-0.1, -0.05) is 41.4 Å². The largest absolute Gasteiger partial charge is 1.00 e. The number of benzene rings is 1. The molecule has 1 rings (SSSR count). The SMILES string of the molecule is COC(C)(CS(=O)[O-])c1ccccc1.[Na+]. The van der Waals surface area contributed by atoms with Gasteiger partial charge in [0.05, 0.1) is 0 Å². The third-order valence-corrected chi connectivity index (χ3v) is 3.01. The molecule has 78 valence electrons. The van der Waals surface area contributed by atoms with Crippen LogP contribution in [0.1, 0.15) is 12.5 Å². The van der Waals surface area contributed by atoms with Gasteiger partial charge in [0.2, 0.25) is 0 Å². The molecule has 0 aliphatic heterocycles. The van der Waals surface area contributed by atoms with E-state index >= 15 is 0 Å². The molecule has 0 aromatic heterocycles. The van der Waals surface area contributed by atoms with Crippen LogP contribution in [0, 0.1) is 0 Å². The molecule has 0 heterocycles. The number of hydrogen-bond acceptors (Lipinski definition) is 3. The van der Waals surface area contributed by atoms with Crippen molar-refractivity contribution in [3.05, 3.63) is 35.9 Å². The summed E-state index contributed by atoms with van der Waals surface area (Å²) >= 11 is -2.11. The monoisotopic (exact) mass is 236 g/mol. The van der Waals surface area contributed by atoms with Crippen LogP contribution in [-0.2, 0) is 21.4 Å². The quantitative estimate of drug-likeness (QED) is 0.469. The Morgan fingerprint density at radius 2 is 1.93 bits per heavy atom. The molecule has 5 heteroatoms. The van der Waals surface area contributed by atoms with Crippen LogP contribution in [0.5, 0.6) is 0 Å². The Balaban J connectivity index is 0.00000196. The first kappa shape index (κ1) is 15.3. The summed E-state index contributed by atoms with van der Waals surface area (Å²) in [5, 5.41) is 0. The standard InChI is InChI=1S/C10H14O3S.Na/c1-10(13-2,8-14(11)12)9-6-4-3-5-7-9;/h3-7H,8H2,1-2H3,(H,11,12);/q;+1/p-1. The second kappa shape index (κ2) is 6.78. The maximum atomic E-state index is 10.7. The zero-order valence-electron chi connectivity index (χ0n) is 9.23. The molecule has 0 saturated heterocycles. The van der Waals surface area contributed by atoms with Crippen LogP contribution < -0.4 is 29.6 Å². The minimum absolute atomic E-state index is 0. The van der Waals surface area contributed by atoms with E-state index in [1.165, 1.54) is 7.11 Å². The molecule has 0 aliphatic carbocycles. The first-order valence-electron chi connectivity index (χ1n) is 4.25. The van der Waals surface area contributed by atoms with Crippen LogP contribution in [0.15, 0.2) is 30.3 Å². The predicted octanol–water partition coefficient (Wildman–Crippen LogP) is -1.57. The molecule has 1 aromatic carbocycles. The van der Waals surface area contributed by atoms with Gasteiger partial charge in [0.25, 0.3) is 0 Å². The number of ether oxygens (including phenoxy) is 1. The van der Waals surface area contributed by atoms with E-state index < -0.39 is 16.7 Å². The molecule has 1 aromatic rings. The van der Waals surface area contributed by atoms with Crippen LogP contribution >= 0.6 is 0 Å². The van der Waals surface area contributed by atoms with Crippen LogP contribution in [0.25, 0.3) is 0 Å². The Labute approximate surface area is 115 Å². The van der Waals surface area contributed by atoms with E-state index in [0.29, 0.717) is 0 Å². The molecule has 0 fully saturated rings. The summed E-state index contributed by atoms with van der Waals surface area (Å²) < 4.78 is 26.6. The van der Waals surface area contributed by atoms with Gasteiger partial charge in [0.1, 0.15) is 5.60 Å². The molecule has 0 spiro atoms. The van der Waals surface area contributed by atoms with Crippen molar-refractivity contribution in [2.45, 2.75) is 12.5 Å². The second-order valence-electron chi connectivity index (χ2n) is 3.25. The minimum atomic E-state index is -2.11. The Morgan fingerprint density at radius 1 is 1.40 bits per heavy atom. The molecule has 0 aliphatic rings. The topological polar surface area (TPSA) is 49.4 Å². The van der Waals surface area contributed by atoms with Crippen molar-refractivity contribution in [2.75, 3.05) is 12.9 Å². The second-order valence-corrected chi connectivity index (χ2v) is 4.15. The zero-order valence-corrected chi connectivity index (χ0v) is 12.0. The Morgan fingerprint density at radius 3 is 2.33 bits per heavy atom. The fourth-order valence-electron chi connectivity index (χ4n) is 1.28. The maximum Gasteiger partial charge on any atom is 1.00 e. The zero-order chi connectivity index (χ0) is 10.6. The Hall–Kier alpha value is 0.290. The summed E-state index contributed by atoms with van der Waals surface area (Å²) in [5.41, 5.74) is 0.111. The third-order valence-electron chi connectivity index (χ3n) is 2.23. The van der Waals surface area contributed by atoms with Gasteiger partial charge >= 0.3 is 29.6 Å². The molecule has 0 amide bonds. The molecule has 0 bridgehead atoms. The van der Waals surface area contributed by atoms with E-state index in [-0.39, 0.29) is 35.3 Å². The first-order valence-corrected chi connectivity index (χ1v) is 5.49. The summed E-state index contributed by atoms with van der Waals surface area (Å²) in [4.78, 5) is 0. The molecule has 0 N–H and O–H groups in total. The predicted molar refractivity (Wildman–Crippen MR) is 54.6 cm³/mol. The molecule has 3 nitrogen and oxygen atoms in total. The minimum Gasteiger partial charge on any atom is -0.772 e. The number of rotatable bonds is 4. The summed E-state index contributed by atoms with van der Waals surface area (Å²) in [6.45, 7) is 1.76. The number of hydrogen-bond donors (Lipinski definition) is 0. The van der Waals surface area contributed by atoms with E-state index in [9.17, 15) is 8.76 Å². The van der Waals surface area contributed by atoms with Gasteiger partial charge in [-0.05, 0) is 12.5 Å². The molecular formula is C10H13NaO3S. The van der Waals surface area contributed by atoms with Crippen molar-refractivity contribution in [1.29, 1.82) is 0 Å². The molecule has 2 unspecified atom stereocenters.